The largest absolute Gasteiger partial charge is 0 e. The van der Waals surface area contributed by atoms with Gasteiger partial charge in [0.05, 0.1) is 0 Å². The fourth-order valence-corrected chi connectivity index (χ4v) is 4.04. The van der Waals surface area contributed by atoms with Crippen molar-refractivity contribution in [2.24, 2.45) is 0 Å². The maximum atomic E-state index is 12.5. The van der Waals surface area contributed by atoms with Crippen molar-refractivity contribution < 1.29 is 43.2 Å². The van der Waals surface area contributed by atoms with Gasteiger partial charge in [0, 0.05) is 20.4 Å². The summed E-state index contributed by atoms with van der Waals surface area (Å²) in [5.74, 6) is -0.155. The zero-order chi connectivity index (χ0) is 16.7. The van der Waals surface area contributed by atoms with Crippen molar-refractivity contribution in [3.05, 3.63) is 81.9 Å². The quantitative estimate of drug-likeness (QED) is 0.258. The van der Waals surface area contributed by atoms with Crippen LogP contribution in [0.3, 0.4) is 0 Å². The van der Waals surface area contributed by atoms with E-state index < -0.39 is 20.2 Å². The number of alkyl halides is 3. The zero-order valence-corrected chi connectivity index (χ0v) is 17.6. The molecule has 0 fully saturated rings. The smallest absolute Gasteiger partial charge is 0 e. The topological polar surface area (TPSA) is 17.1 Å². The molecule has 0 N–H and O–H groups in total. The van der Waals surface area contributed by atoms with Crippen molar-refractivity contribution >= 4 is 52.7 Å². The van der Waals surface area contributed by atoms with E-state index in [1.807, 2.05) is 60.7 Å². The first-order valence-corrected chi connectivity index (χ1v) is 9.34. The number of benzene rings is 2. The predicted molar refractivity (Wildman–Crippen MR) is 95.2 cm³/mol. The Labute approximate surface area is 178 Å². The summed E-state index contributed by atoms with van der Waals surface area (Å²) in [6, 6.07) is 19.1. The van der Waals surface area contributed by atoms with Crippen LogP contribution in [0.15, 0.2) is 70.8 Å². The molecule has 2 aromatic carbocycles. The van der Waals surface area contributed by atoms with Gasteiger partial charge in [0.2, 0.25) is 0 Å². The molecule has 24 heavy (non-hydrogen) atoms. The van der Waals surface area contributed by atoms with Gasteiger partial charge in [0.15, 0.2) is 0 Å². The van der Waals surface area contributed by atoms with E-state index in [0.29, 0.717) is 4.05 Å². The van der Waals surface area contributed by atoms with E-state index in [1.165, 1.54) is 6.08 Å². The van der Waals surface area contributed by atoms with E-state index in [-0.39, 0.29) is 26.2 Å². The van der Waals surface area contributed by atoms with Gasteiger partial charge in [-0.25, -0.2) is 0 Å². The summed E-state index contributed by atoms with van der Waals surface area (Å²) in [5, 5.41) is 0. The van der Waals surface area contributed by atoms with Crippen LogP contribution >= 0.6 is 34.8 Å². The molecule has 0 heterocycles. The van der Waals surface area contributed by atoms with E-state index in [0.717, 1.165) is 11.1 Å². The number of carbonyl (C=O) groups is 1. The number of hydrogen-bond donors (Lipinski definition) is 0. The maximum absolute atomic E-state index is 12.5. The first kappa shape index (κ1) is 21.8. The molecule has 0 amide bonds. The molecule has 132 valence electrons. The van der Waals surface area contributed by atoms with Gasteiger partial charge in [-0.3, -0.25) is 0 Å². The minimum Gasteiger partial charge on any atom is 0 e. The van der Waals surface area contributed by atoms with Gasteiger partial charge in [-0.2, -0.15) is 0 Å². The van der Waals surface area contributed by atoms with Gasteiger partial charge < -0.3 is 0 Å². The molecule has 0 unspecified atom stereocenters. The fraction of sp³-hybridized carbons (Fsp3) is 0.0556. The van der Waals surface area contributed by atoms with Crippen LogP contribution in [0, 0.1) is 0 Å². The Hall–Kier alpha value is -0.215. The summed E-state index contributed by atoms with van der Waals surface area (Å²) in [5.41, 5.74) is 1.84. The number of rotatable bonds is 5. The second-order valence-corrected chi connectivity index (χ2v) is 10.4. The SMILES string of the molecule is O=C(C=Cc1ccccc1)[C](=Cc1ccccc1)[Pd][C](Cl)(Cl)Cl.[Pd]. The number of allylic oxidation sites excluding steroid dienone is 2. The van der Waals surface area contributed by atoms with Crippen molar-refractivity contribution in [1.29, 1.82) is 0 Å². The molecule has 0 bridgehead atoms. The van der Waals surface area contributed by atoms with Crippen LogP contribution in [0.5, 0.6) is 0 Å². The molecule has 2 rings (SSSR count). The molecule has 6 heteroatoms. The number of halogens is 3. The number of hydrogen-bond acceptors (Lipinski definition) is 1. The summed E-state index contributed by atoms with van der Waals surface area (Å²) in [4.78, 5) is 12.5. The Morgan fingerprint density at radius 1 is 0.875 bits per heavy atom. The normalized spacial score (nSPS) is 12.2. The first-order chi connectivity index (χ1) is 10.9. The van der Waals surface area contributed by atoms with Crippen LogP contribution in [0.25, 0.3) is 12.2 Å². The van der Waals surface area contributed by atoms with Crippen LogP contribution in [0.1, 0.15) is 11.1 Å². The Morgan fingerprint density at radius 3 is 1.88 bits per heavy atom. The average molecular weight is 564 g/mol. The van der Waals surface area contributed by atoms with Crippen LogP contribution < -0.4 is 0 Å². The molecule has 0 radical (unpaired) electrons. The van der Waals surface area contributed by atoms with E-state index in [2.05, 4.69) is 0 Å². The van der Waals surface area contributed by atoms with Crippen LogP contribution in [-0.2, 0) is 43.2 Å². The fourth-order valence-electron chi connectivity index (χ4n) is 1.73. The molecule has 2 aromatic rings. The summed E-state index contributed by atoms with van der Waals surface area (Å²) >= 11 is 17.2. The summed E-state index contributed by atoms with van der Waals surface area (Å²) < 4.78 is -0.969. The Balaban J connectivity index is 0.00000288. The first-order valence-electron chi connectivity index (χ1n) is 6.65. The molecule has 0 aliphatic rings. The molecule has 0 spiro atoms. The second-order valence-electron chi connectivity index (χ2n) is 4.45. The monoisotopic (exact) mass is 562 g/mol. The number of carbonyl (C=O) groups excluding carboxylic acids is 1. The minimum absolute atomic E-state index is 0. The third-order valence-electron chi connectivity index (χ3n) is 2.71. The van der Waals surface area contributed by atoms with Crippen molar-refractivity contribution in [3.8, 4) is 0 Å². The Bertz CT molecular complexity index is 708. The van der Waals surface area contributed by atoms with Crippen LogP contribution in [0.4, 0.5) is 0 Å². The summed E-state index contributed by atoms with van der Waals surface area (Å²) in [7, 11) is 0. The van der Waals surface area contributed by atoms with Crippen LogP contribution in [-0.4, -0.2) is 8.05 Å². The van der Waals surface area contributed by atoms with E-state index in [1.54, 1.807) is 12.2 Å². The molecule has 0 aliphatic heterocycles. The van der Waals surface area contributed by atoms with Gasteiger partial charge in [0.25, 0.3) is 0 Å². The minimum atomic E-state index is -1.47. The molecular weight excluding hydrogens is 551 g/mol. The standard InChI is InChI=1S/C17H13O.CCl3.2Pd/c18-17(13-11-15-7-3-1-4-8-15)14-12-16-9-5-2-6-10-16;2-1(3)4;;/h1-13H;;;. The van der Waals surface area contributed by atoms with Crippen LogP contribution in [0.2, 0.25) is 0 Å². The molecule has 1 nitrogen and oxygen atoms in total. The van der Waals surface area contributed by atoms with E-state index >= 15 is 0 Å². The number of ketones is 1. The molecule has 0 saturated heterocycles. The molecule has 0 aliphatic carbocycles. The summed E-state index contributed by atoms with van der Waals surface area (Å²) in [6.07, 6.45) is 5.04. The molecular formula is C18H13Cl3OPd2. The zero-order valence-electron chi connectivity index (χ0n) is 12.2. The van der Waals surface area contributed by atoms with Gasteiger partial charge in [-0.05, 0) is 0 Å². The molecule has 0 saturated carbocycles. The van der Waals surface area contributed by atoms with Crippen molar-refractivity contribution in [2.75, 3.05) is 0 Å². The third kappa shape index (κ3) is 8.25. The second kappa shape index (κ2) is 10.7. The van der Waals surface area contributed by atoms with Crippen molar-refractivity contribution in [2.45, 2.75) is 2.27 Å². The third-order valence-corrected chi connectivity index (χ3v) is 5.23. The maximum Gasteiger partial charge on any atom is 0 e. The Kier molecular flexibility index (Phi) is 9.73. The summed E-state index contributed by atoms with van der Waals surface area (Å²) in [6.45, 7) is 0. The van der Waals surface area contributed by atoms with E-state index in [4.69, 9.17) is 34.8 Å². The van der Waals surface area contributed by atoms with Gasteiger partial charge >= 0.3 is 160 Å². The predicted octanol–water partition coefficient (Wildman–Crippen LogP) is 5.72. The van der Waals surface area contributed by atoms with Crippen molar-refractivity contribution in [1.82, 2.24) is 0 Å². The molecule has 0 aromatic heterocycles. The molecule has 0 atom stereocenters. The Morgan fingerprint density at radius 2 is 1.38 bits per heavy atom. The average Bonchev–Trinajstić information content (AvgIpc) is 2.53. The van der Waals surface area contributed by atoms with Crippen molar-refractivity contribution in [3.63, 3.8) is 0 Å². The van der Waals surface area contributed by atoms with Gasteiger partial charge in [0.1, 0.15) is 0 Å². The van der Waals surface area contributed by atoms with E-state index in [9.17, 15) is 4.79 Å². The van der Waals surface area contributed by atoms with Gasteiger partial charge in [-0.15, -0.1) is 0 Å². The van der Waals surface area contributed by atoms with Gasteiger partial charge in [-0.1, -0.05) is 0 Å².